The Balaban J connectivity index is 2.22. The van der Waals surface area contributed by atoms with Gasteiger partial charge in [-0.05, 0) is 19.1 Å². The molecule has 0 spiro atoms. The highest BCUT2D eigenvalue weighted by atomic mass is 16.5. The largest absolute Gasteiger partial charge is 0.490 e. The van der Waals surface area contributed by atoms with Crippen LogP contribution in [0.1, 0.15) is 6.92 Å². The van der Waals surface area contributed by atoms with Crippen LogP contribution in [0.25, 0.3) is 0 Å². The van der Waals surface area contributed by atoms with Crippen LogP contribution >= 0.6 is 0 Å². The lowest BCUT2D eigenvalue weighted by Gasteiger charge is -2.31. The zero-order valence-corrected chi connectivity index (χ0v) is 8.31. The van der Waals surface area contributed by atoms with Crippen LogP contribution in [0.5, 0.6) is 5.75 Å². The molecule has 2 rings (SSSR count). The number of benzene rings is 1. The monoisotopic (exact) mass is 193 g/mol. The van der Waals surface area contributed by atoms with Crippen molar-refractivity contribution in [1.82, 2.24) is 0 Å². The SMILES string of the molecule is CC(O)CN1CCOc2ccccc21. The highest BCUT2D eigenvalue weighted by molar-refractivity contribution is 5.59. The first-order valence-electron chi connectivity index (χ1n) is 4.92. The molecular formula is C11H15NO2. The molecule has 0 radical (unpaired) electrons. The van der Waals surface area contributed by atoms with E-state index in [9.17, 15) is 5.11 Å². The van der Waals surface area contributed by atoms with E-state index in [4.69, 9.17) is 4.74 Å². The van der Waals surface area contributed by atoms with E-state index >= 15 is 0 Å². The van der Waals surface area contributed by atoms with Crippen LogP contribution in [0.2, 0.25) is 0 Å². The lowest BCUT2D eigenvalue weighted by molar-refractivity contribution is 0.194. The van der Waals surface area contributed by atoms with Crippen LogP contribution in [0, 0.1) is 0 Å². The third-order valence-corrected chi connectivity index (χ3v) is 2.31. The third-order valence-electron chi connectivity index (χ3n) is 2.31. The molecule has 1 N–H and O–H groups in total. The Morgan fingerprint density at radius 1 is 1.50 bits per heavy atom. The number of fused-ring (bicyclic) bond motifs is 1. The molecule has 0 bridgehead atoms. The maximum atomic E-state index is 9.35. The van der Waals surface area contributed by atoms with Crippen molar-refractivity contribution in [2.45, 2.75) is 13.0 Å². The maximum Gasteiger partial charge on any atom is 0.142 e. The van der Waals surface area contributed by atoms with Gasteiger partial charge in [0.05, 0.1) is 18.3 Å². The van der Waals surface area contributed by atoms with Gasteiger partial charge in [-0.25, -0.2) is 0 Å². The van der Waals surface area contributed by atoms with E-state index in [2.05, 4.69) is 4.90 Å². The Morgan fingerprint density at radius 2 is 2.29 bits per heavy atom. The molecule has 1 aliphatic heterocycles. The minimum absolute atomic E-state index is 0.304. The molecule has 76 valence electrons. The van der Waals surface area contributed by atoms with Crippen molar-refractivity contribution >= 4 is 5.69 Å². The average molecular weight is 193 g/mol. The second kappa shape index (κ2) is 3.88. The standard InChI is InChI=1S/C11H15NO2/c1-9(13)8-12-6-7-14-11-5-3-2-4-10(11)12/h2-5,9,13H,6-8H2,1H3. The predicted octanol–water partition coefficient (Wildman–Crippen LogP) is 1.27. The van der Waals surface area contributed by atoms with Crippen LogP contribution < -0.4 is 9.64 Å². The fourth-order valence-electron chi connectivity index (χ4n) is 1.74. The zero-order valence-electron chi connectivity index (χ0n) is 8.31. The van der Waals surface area contributed by atoms with Gasteiger partial charge in [0.1, 0.15) is 12.4 Å². The maximum absolute atomic E-state index is 9.35. The second-order valence-corrected chi connectivity index (χ2v) is 3.61. The van der Waals surface area contributed by atoms with Crippen molar-refractivity contribution in [1.29, 1.82) is 0 Å². The molecule has 0 saturated carbocycles. The second-order valence-electron chi connectivity index (χ2n) is 3.61. The van der Waals surface area contributed by atoms with Crippen molar-refractivity contribution in [3.8, 4) is 5.75 Å². The molecule has 1 aliphatic rings. The van der Waals surface area contributed by atoms with E-state index in [1.807, 2.05) is 24.3 Å². The van der Waals surface area contributed by atoms with Gasteiger partial charge >= 0.3 is 0 Å². The highest BCUT2D eigenvalue weighted by Gasteiger charge is 2.17. The molecule has 1 aromatic carbocycles. The molecule has 14 heavy (non-hydrogen) atoms. The highest BCUT2D eigenvalue weighted by Crippen LogP contribution is 2.30. The van der Waals surface area contributed by atoms with Gasteiger partial charge < -0.3 is 14.7 Å². The van der Waals surface area contributed by atoms with E-state index in [0.717, 1.165) is 18.0 Å². The first-order chi connectivity index (χ1) is 6.77. The number of para-hydroxylation sites is 2. The van der Waals surface area contributed by atoms with Crippen molar-refractivity contribution in [2.24, 2.45) is 0 Å². The van der Waals surface area contributed by atoms with Crippen LogP contribution in [0.3, 0.4) is 0 Å². The van der Waals surface area contributed by atoms with Crippen LogP contribution in [0.15, 0.2) is 24.3 Å². The van der Waals surface area contributed by atoms with Gasteiger partial charge in [0, 0.05) is 6.54 Å². The summed E-state index contributed by atoms with van der Waals surface area (Å²) in [5.74, 6) is 0.916. The van der Waals surface area contributed by atoms with E-state index < -0.39 is 0 Å². The van der Waals surface area contributed by atoms with E-state index in [0.29, 0.717) is 13.2 Å². The van der Waals surface area contributed by atoms with Gasteiger partial charge in [0.2, 0.25) is 0 Å². The normalized spacial score (nSPS) is 17.1. The quantitative estimate of drug-likeness (QED) is 0.767. The van der Waals surface area contributed by atoms with Crippen LogP contribution in [-0.2, 0) is 0 Å². The molecule has 0 fully saturated rings. The number of aliphatic hydroxyl groups is 1. The van der Waals surface area contributed by atoms with Gasteiger partial charge in [-0.15, -0.1) is 0 Å². The molecule has 0 aliphatic carbocycles. The summed E-state index contributed by atoms with van der Waals surface area (Å²) in [6.07, 6.45) is -0.304. The van der Waals surface area contributed by atoms with Crippen molar-refractivity contribution in [2.75, 3.05) is 24.6 Å². The molecule has 0 saturated heterocycles. The number of hydrogen-bond donors (Lipinski definition) is 1. The fourth-order valence-corrected chi connectivity index (χ4v) is 1.74. The Bertz CT molecular complexity index is 312. The Hall–Kier alpha value is -1.22. The molecule has 0 aromatic heterocycles. The third kappa shape index (κ3) is 1.82. The Kier molecular flexibility index (Phi) is 2.59. The number of ether oxygens (including phenoxy) is 1. The number of nitrogens with zero attached hydrogens (tertiary/aromatic N) is 1. The Morgan fingerprint density at radius 3 is 3.07 bits per heavy atom. The summed E-state index contributed by atoms with van der Waals surface area (Å²) in [7, 11) is 0. The molecule has 1 heterocycles. The summed E-state index contributed by atoms with van der Waals surface area (Å²) in [6.45, 7) is 4.02. The van der Waals surface area contributed by atoms with Crippen LogP contribution in [0.4, 0.5) is 5.69 Å². The Labute approximate surface area is 83.9 Å². The summed E-state index contributed by atoms with van der Waals surface area (Å²) in [5.41, 5.74) is 1.08. The summed E-state index contributed by atoms with van der Waals surface area (Å²) in [5, 5.41) is 9.35. The van der Waals surface area contributed by atoms with Gasteiger partial charge in [-0.1, -0.05) is 12.1 Å². The van der Waals surface area contributed by atoms with E-state index in [1.165, 1.54) is 0 Å². The molecule has 3 nitrogen and oxygen atoms in total. The summed E-state index contributed by atoms with van der Waals surface area (Å²) < 4.78 is 5.51. The molecule has 1 aromatic rings. The fraction of sp³-hybridized carbons (Fsp3) is 0.455. The molecular weight excluding hydrogens is 178 g/mol. The molecule has 3 heteroatoms. The molecule has 0 amide bonds. The topological polar surface area (TPSA) is 32.7 Å². The first-order valence-corrected chi connectivity index (χ1v) is 4.92. The first kappa shape index (κ1) is 9.34. The van der Waals surface area contributed by atoms with Gasteiger partial charge in [0.25, 0.3) is 0 Å². The minimum atomic E-state index is -0.304. The lowest BCUT2D eigenvalue weighted by Crippen LogP contribution is -2.37. The van der Waals surface area contributed by atoms with Crippen LogP contribution in [-0.4, -0.2) is 30.9 Å². The summed E-state index contributed by atoms with van der Waals surface area (Å²) >= 11 is 0. The molecule has 1 unspecified atom stereocenters. The summed E-state index contributed by atoms with van der Waals surface area (Å²) in [4.78, 5) is 2.16. The summed E-state index contributed by atoms with van der Waals surface area (Å²) in [6, 6.07) is 7.94. The van der Waals surface area contributed by atoms with Crippen molar-refractivity contribution in [3.63, 3.8) is 0 Å². The van der Waals surface area contributed by atoms with Crippen molar-refractivity contribution < 1.29 is 9.84 Å². The number of aliphatic hydroxyl groups excluding tert-OH is 1. The molecule has 1 atom stereocenters. The average Bonchev–Trinajstić information content (AvgIpc) is 2.18. The number of β-amino-alcohol motifs (C(OH)–C–C–N with tert-alkyl or cyclic N) is 1. The number of hydrogen-bond acceptors (Lipinski definition) is 3. The zero-order chi connectivity index (χ0) is 9.97. The number of anilines is 1. The van der Waals surface area contributed by atoms with Gasteiger partial charge in [-0.3, -0.25) is 0 Å². The van der Waals surface area contributed by atoms with Crippen molar-refractivity contribution in [3.05, 3.63) is 24.3 Å². The predicted molar refractivity (Wildman–Crippen MR) is 55.8 cm³/mol. The lowest BCUT2D eigenvalue weighted by atomic mass is 10.2. The van der Waals surface area contributed by atoms with Gasteiger partial charge in [0.15, 0.2) is 0 Å². The van der Waals surface area contributed by atoms with Gasteiger partial charge in [-0.2, -0.15) is 0 Å². The van der Waals surface area contributed by atoms with E-state index in [1.54, 1.807) is 6.92 Å². The smallest absolute Gasteiger partial charge is 0.142 e. The minimum Gasteiger partial charge on any atom is -0.490 e. The van der Waals surface area contributed by atoms with E-state index in [-0.39, 0.29) is 6.10 Å². The number of rotatable bonds is 2.